The molecule has 0 fully saturated rings. The van der Waals surface area contributed by atoms with Crippen molar-refractivity contribution < 1.29 is 14.1 Å². The summed E-state index contributed by atoms with van der Waals surface area (Å²) in [4.78, 5) is 12.5. The molecule has 1 heterocycles. The molecule has 2 amide bonds. The predicted molar refractivity (Wildman–Crippen MR) is 117 cm³/mol. The number of hydrogen-bond donors (Lipinski definition) is 3. The molecule has 1 atom stereocenters. The van der Waals surface area contributed by atoms with E-state index in [-0.39, 0.29) is 23.4 Å². The maximum Gasteiger partial charge on any atom is 0.331 e. The minimum atomic E-state index is -1.84. The monoisotopic (exact) mass is 440 g/mol. The average Bonchev–Trinajstić information content (AvgIpc) is 3.02. The van der Waals surface area contributed by atoms with Gasteiger partial charge in [0.1, 0.15) is 0 Å². The van der Waals surface area contributed by atoms with Crippen molar-refractivity contribution in [1.29, 1.82) is 0 Å². The van der Waals surface area contributed by atoms with Gasteiger partial charge in [-0.2, -0.15) is 5.10 Å². The summed E-state index contributed by atoms with van der Waals surface area (Å²) >= 11 is 6.25. The zero-order valence-corrected chi connectivity index (χ0v) is 19.2. The van der Waals surface area contributed by atoms with Crippen LogP contribution in [0.2, 0.25) is 5.02 Å². The number of aliphatic hydroxyl groups is 1. The van der Waals surface area contributed by atoms with E-state index in [0.717, 1.165) is 11.1 Å². The van der Waals surface area contributed by atoms with Crippen LogP contribution in [0.4, 0.5) is 10.5 Å². The predicted octanol–water partition coefficient (Wildman–Crippen LogP) is 4.40. The molecule has 0 saturated heterocycles. The molecule has 160 valence electrons. The van der Waals surface area contributed by atoms with Gasteiger partial charge in [-0.25, -0.2) is 9.00 Å². The lowest BCUT2D eigenvalue weighted by molar-refractivity contribution is 0.0574. The highest BCUT2D eigenvalue weighted by atomic mass is 35.5. The van der Waals surface area contributed by atoms with Gasteiger partial charge in [0.2, 0.25) is 0 Å². The summed E-state index contributed by atoms with van der Waals surface area (Å²) in [6.07, 6.45) is 1.61. The van der Waals surface area contributed by atoms with Crippen molar-refractivity contribution in [2.75, 3.05) is 5.32 Å². The Balaban J connectivity index is 2.18. The second-order valence-corrected chi connectivity index (χ2v) is 9.85. The number of halogens is 1. The van der Waals surface area contributed by atoms with Gasteiger partial charge in [0.15, 0.2) is 16.0 Å². The standard InChI is InChI=1S/C20H29ClN4O3S/c1-12(2)15-9-14(21)10-16(13(3)4)18(15)22-19(26)24-29(28)17-7-8-25(23-17)11-20(5,6)27/h7-10,12-13,27H,11H2,1-6H3,(H2,22,24,26). The van der Waals surface area contributed by atoms with E-state index in [4.69, 9.17) is 11.6 Å². The molecule has 29 heavy (non-hydrogen) atoms. The summed E-state index contributed by atoms with van der Waals surface area (Å²) < 4.78 is 16.4. The zero-order valence-electron chi connectivity index (χ0n) is 17.6. The number of benzene rings is 1. The molecule has 0 saturated carbocycles. The lowest BCUT2D eigenvalue weighted by atomic mass is 9.92. The number of anilines is 1. The highest BCUT2D eigenvalue weighted by Gasteiger charge is 2.20. The first-order valence-corrected chi connectivity index (χ1v) is 11.0. The molecule has 3 N–H and O–H groups in total. The van der Waals surface area contributed by atoms with Gasteiger partial charge in [-0.15, -0.1) is 0 Å². The third kappa shape index (κ3) is 6.55. The Bertz CT molecular complexity index is 874. The quantitative estimate of drug-likeness (QED) is 0.594. The number of urea groups is 1. The summed E-state index contributed by atoms with van der Waals surface area (Å²) in [5.74, 6) is 0.286. The fraction of sp³-hybridized carbons (Fsp3) is 0.500. The van der Waals surface area contributed by atoms with Crippen LogP contribution in [0.5, 0.6) is 0 Å². The third-order valence-corrected chi connectivity index (χ3v) is 5.37. The first kappa shape index (κ1) is 23.4. The fourth-order valence-corrected chi connectivity index (χ4v) is 3.83. The number of nitrogens with one attached hydrogen (secondary N) is 2. The molecule has 7 nitrogen and oxygen atoms in total. The molecule has 1 aromatic heterocycles. The number of amides is 2. The SMILES string of the molecule is CC(C)c1cc(Cl)cc(C(C)C)c1NC(=O)NS(=O)c1ccn(CC(C)(C)O)n1. The van der Waals surface area contributed by atoms with Crippen molar-refractivity contribution in [2.24, 2.45) is 0 Å². The van der Waals surface area contributed by atoms with Gasteiger partial charge in [0.05, 0.1) is 12.1 Å². The average molecular weight is 441 g/mol. The van der Waals surface area contributed by atoms with Crippen LogP contribution in [0.25, 0.3) is 0 Å². The highest BCUT2D eigenvalue weighted by Crippen LogP contribution is 2.35. The molecule has 2 aromatic rings. The van der Waals surface area contributed by atoms with E-state index in [0.29, 0.717) is 10.7 Å². The first-order valence-electron chi connectivity index (χ1n) is 9.46. The van der Waals surface area contributed by atoms with Crippen LogP contribution >= 0.6 is 11.6 Å². The van der Waals surface area contributed by atoms with Crippen LogP contribution < -0.4 is 10.0 Å². The van der Waals surface area contributed by atoms with E-state index in [9.17, 15) is 14.1 Å². The van der Waals surface area contributed by atoms with E-state index in [1.165, 1.54) is 4.68 Å². The first-order chi connectivity index (χ1) is 13.4. The Labute approximate surface area is 179 Å². The Kier molecular flexibility index (Phi) is 7.48. The fourth-order valence-electron chi connectivity index (χ4n) is 2.91. The molecule has 0 bridgehead atoms. The molecule has 2 rings (SSSR count). The van der Waals surface area contributed by atoms with Gasteiger partial charge in [-0.3, -0.25) is 9.40 Å². The van der Waals surface area contributed by atoms with Gasteiger partial charge < -0.3 is 10.4 Å². The Morgan fingerprint density at radius 3 is 2.28 bits per heavy atom. The number of carbonyl (C=O) groups excluding carboxylic acids is 1. The van der Waals surface area contributed by atoms with Gasteiger partial charge in [-0.1, -0.05) is 39.3 Å². The molecular weight excluding hydrogens is 412 g/mol. The van der Waals surface area contributed by atoms with E-state index in [1.807, 2.05) is 39.8 Å². The molecule has 0 aliphatic rings. The Hall–Kier alpha value is -1.90. The molecule has 9 heteroatoms. The van der Waals surface area contributed by atoms with Crippen molar-refractivity contribution in [3.05, 3.63) is 40.5 Å². The van der Waals surface area contributed by atoms with Gasteiger partial charge in [0.25, 0.3) is 0 Å². The smallest absolute Gasteiger partial charge is 0.331 e. The third-order valence-electron chi connectivity index (χ3n) is 4.19. The Morgan fingerprint density at radius 2 is 1.79 bits per heavy atom. The topological polar surface area (TPSA) is 96.2 Å². The van der Waals surface area contributed by atoms with Crippen molar-refractivity contribution in [2.45, 2.75) is 70.6 Å². The molecular formula is C20H29ClN4O3S. The number of hydrogen-bond acceptors (Lipinski definition) is 4. The van der Waals surface area contributed by atoms with Crippen LogP contribution in [-0.2, 0) is 17.5 Å². The van der Waals surface area contributed by atoms with E-state index in [1.54, 1.807) is 26.1 Å². The molecule has 1 unspecified atom stereocenters. The van der Waals surface area contributed by atoms with Crippen molar-refractivity contribution in [1.82, 2.24) is 14.5 Å². The molecule has 0 aliphatic heterocycles. The largest absolute Gasteiger partial charge is 0.389 e. The second-order valence-electron chi connectivity index (χ2n) is 8.26. The lowest BCUT2D eigenvalue weighted by Gasteiger charge is -2.21. The van der Waals surface area contributed by atoms with E-state index < -0.39 is 22.6 Å². The summed E-state index contributed by atoms with van der Waals surface area (Å²) in [5, 5.41) is 17.7. The van der Waals surface area contributed by atoms with E-state index >= 15 is 0 Å². The normalized spacial score (nSPS) is 13.0. The van der Waals surface area contributed by atoms with Crippen molar-refractivity contribution in [3.63, 3.8) is 0 Å². The van der Waals surface area contributed by atoms with E-state index in [2.05, 4.69) is 15.1 Å². The lowest BCUT2D eigenvalue weighted by Crippen LogP contribution is -2.32. The summed E-state index contributed by atoms with van der Waals surface area (Å²) in [7, 11) is -1.84. The molecule has 0 radical (unpaired) electrons. The summed E-state index contributed by atoms with van der Waals surface area (Å²) in [6.45, 7) is 11.6. The number of aromatic nitrogens is 2. The minimum Gasteiger partial charge on any atom is -0.389 e. The summed E-state index contributed by atoms with van der Waals surface area (Å²) in [6, 6.07) is 4.63. The number of rotatable bonds is 7. The van der Waals surface area contributed by atoms with Crippen LogP contribution in [0, 0.1) is 0 Å². The Morgan fingerprint density at radius 1 is 1.24 bits per heavy atom. The van der Waals surface area contributed by atoms with Crippen molar-refractivity contribution in [3.8, 4) is 0 Å². The molecule has 0 aliphatic carbocycles. The number of carbonyl (C=O) groups is 1. The molecule has 0 spiro atoms. The maximum atomic E-state index is 12.5. The van der Waals surface area contributed by atoms with Crippen LogP contribution in [0.1, 0.15) is 64.5 Å². The van der Waals surface area contributed by atoms with Gasteiger partial charge in [-0.05, 0) is 55.0 Å². The highest BCUT2D eigenvalue weighted by molar-refractivity contribution is 7.83. The van der Waals surface area contributed by atoms with Gasteiger partial charge in [0, 0.05) is 16.9 Å². The van der Waals surface area contributed by atoms with Crippen LogP contribution in [0.3, 0.4) is 0 Å². The van der Waals surface area contributed by atoms with Crippen LogP contribution in [0.15, 0.2) is 29.4 Å². The number of nitrogens with zero attached hydrogens (tertiary/aromatic N) is 2. The summed E-state index contributed by atoms with van der Waals surface area (Å²) in [5.41, 5.74) is 1.56. The zero-order chi connectivity index (χ0) is 21.9. The van der Waals surface area contributed by atoms with Gasteiger partial charge >= 0.3 is 6.03 Å². The second kappa shape index (κ2) is 9.28. The minimum absolute atomic E-state index is 0.143. The van der Waals surface area contributed by atoms with Crippen LogP contribution in [-0.4, -0.2) is 30.7 Å². The molecule has 1 aromatic carbocycles. The maximum absolute atomic E-state index is 12.5. The van der Waals surface area contributed by atoms with Crippen molar-refractivity contribution >= 4 is 34.3 Å².